The van der Waals surface area contributed by atoms with Crippen LogP contribution in [-0.4, -0.2) is 34.0 Å². The van der Waals surface area contributed by atoms with Gasteiger partial charge in [-0.2, -0.15) is 0 Å². The fourth-order valence-electron chi connectivity index (χ4n) is 3.20. The van der Waals surface area contributed by atoms with Gasteiger partial charge in [-0.25, -0.2) is 0 Å². The molecule has 1 aromatic carbocycles. The second kappa shape index (κ2) is 8.04. The third kappa shape index (κ3) is 4.40. The van der Waals surface area contributed by atoms with Crippen LogP contribution in [0.25, 0.3) is 0 Å². The molecule has 0 radical (unpaired) electrons. The van der Waals surface area contributed by atoms with E-state index in [-0.39, 0.29) is 12.5 Å². The van der Waals surface area contributed by atoms with Crippen LogP contribution in [0.1, 0.15) is 24.0 Å². The number of rotatable bonds is 6. The van der Waals surface area contributed by atoms with Crippen molar-refractivity contribution in [2.75, 3.05) is 18.4 Å². The molecule has 1 fully saturated rings. The van der Waals surface area contributed by atoms with E-state index in [1.807, 2.05) is 6.07 Å². The Kier molecular flexibility index (Phi) is 5.56. The zero-order valence-electron chi connectivity index (χ0n) is 13.7. The Morgan fingerprint density at radius 3 is 2.92 bits per heavy atom. The Hall–Kier alpha value is -2.24. The van der Waals surface area contributed by atoms with E-state index < -0.39 is 0 Å². The molecule has 1 saturated heterocycles. The SMILES string of the molecule is O=C(CC1CCN(Cc2ccccc2)C1)Nc1cnccc1CO. The molecule has 0 bridgehead atoms. The number of nitrogens with one attached hydrogen (secondary N) is 1. The number of benzene rings is 1. The molecule has 2 heterocycles. The maximum absolute atomic E-state index is 12.3. The van der Waals surface area contributed by atoms with Crippen molar-refractivity contribution in [3.63, 3.8) is 0 Å². The van der Waals surface area contributed by atoms with Gasteiger partial charge < -0.3 is 10.4 Å². The summed E-state index contributed by atoms with van der Waals surface area (Å²) in [5, 5.41) is 12.2. The van der Waals surface area contributed by atoms with E-state index in [9.17, 15) is 9.90 Å². The molecule has 1 atom stereocenters. The number of hydrogen-bond donors (Lipinski definition) is 2. The van der Waals surface area contributed by atoms with E-state index in [1.165, 1.54) is 5.56 Å². The van der Waals surface area contributed by atoms with Gasteiger partial charge in [-0.15, -0.1) is 0 Å². The minimum atomic E-state index is -0.105. The van der Waals surface area contributed by atoms with Gasteiger partial charge >= 0.3 is 0 Å². The Balaban J connectivity index is 1.49. The van der Waals surface area contributed by atoms with Crippen molar-refractivity contribution in [3.8, 4) is 0 Å². The zero-order chi connectivity index (χ0) is 16.8. The standard InChI is InChI=1S/C19H23N3O2/c23-14-17-6-8-20-11-18(17)21-19(24)10-16-7-9-22(13-16)12-15-4-2-1-3-5-15/h1-6,8,11,16,23H,7,9-10,12-14H2,(H,21,24). The van der Waals surface area contributed by atoms with Gasteiger partial charge in [0.1, 0.15) is 0 Å². The predicted octanol–water partition coefficient (Wildman–Crippen LogP) is 2.42. The lowest BCUT2D eigenvalue weighted by Crippen LogP contribution is -2.22. The van der Waals surface area contributed by atoms with Crippen LogP contribution in [0.15, 0.2) is 48.8 Å². The lowest BCUT2D eigenvalue weighted by atomic mass is 10.0. The molecule has 126 valence electrons. The Morgan fingerprint density at radius 1 is 1.29 bits per heavy atom. The monoisotopic (exact) mass is 325 g/mol. The van der Waals surface area contributed by atoms with Crippen molar-refractivity contribution >= 4 is 11.6 Å². The highest BCUT2D eigenvalue weighted by atomic mass is 16.3. The summed E-state index contributed by atoms with van der Waals surface area (Å²) in [5.41, 5.74) is 2.60. The first-order valence-electron chi connectivity index (χ1n) is 8.34. The summed E-state index contributed by atoms with van der Waals surface area (Å²) in [7, 11) is 0. The number of nitrogens with zero attached hydrogens (tertiary/aromatic N) is 2. The number of pyridine rings is 1. The summed E-state index contributed by atoms with van der Waals surface area (Å²) < 4.78 is 0. The number of amides is 1. The number of aromatic nitrogens is 1. The van der Waals surface area contributed by atoms with Crippen molar-refractivity contribution in [1.82, 2.24) is 9.88 Å². The lowest BCUT2D eigenvalue weighted by Gasteiger charge is -2.16. The van der Waals surface area contributed by atoms with Crippen molar-refractivity contribution in [1.29, 1.82) is 0 Å². The molecular formula is C19H23N3O2. The van der Waals surface area contributed by atoms with Gasteiger partial charge in [-0.1, -0.05) is 30.3 Å². The van der Waals surface area contributed by atoms with Gasteiger partial charge in [0.2, 0.25) is 5.91 Å². The highest BCUT2D eigenvalue weighted by Crippen LogP contribution is 2.22. The van der Waals surface area contributed by atoms with E-state index in [0.717, 1.165) is 26.1 Å². The summed E-state index contributed by atoms with van der Waals surface area (Å²) in [6, 6.07) is 12.1. The van der Waals surface area contributed by atoms with Gasteiger partial charge in [0, 0.05) is 31.3 Å². The maximum Gasteiger partial charge on any atom is 0.224 e. The van der Waals surface area contributed by atoms with Crippen LogP contribution < -0.4 is 5.32 Å². The topological polar surface area (TPSA) is 65.5 Å². The lowest BCUT2D eigenvalue weighted by molar-refractivity contribution is -0.117. The zero-order valence-corrected chi connectivity index (χ0v) is 13.7. The average Bonchev–Trinajstić information content (AvgIpc) is 3.03. The molecule has 1 amide bonds. The minimum absolute atomic E-state index is 0.00994. The molecule has 1 aliphatic heterocycles. The predicted molar refractivity (Wildman–Crippen MR) is 93.2 cm³/mol. The van der Waals surface area contributed by atoms with E-state index in [4.69, 9.17) is 0 Å². The average molecular weight is 325 g/mol. The smallest absolute Gasteiger partial charge is 0.224 e. The molecule has 2 N–H and O–H groups in total. The normalized spacial score (nSPS) is 17.8. The summed E-state index contributed by atoms with van der Waals surface area (Å²) in [5.74, 6) is 0.368. The highest BCUT2D eigenvalue weighted by molar-refractivity contribution is 5.91. The number of hydrogen-bond acceptors (Lipinski definition) is 4. The van der Waals surface area contributed by atoms with Gasteiger partial charge in [-0.3, -0.25) is 14.7 Å². The van der Waals surface area contributed by atoms with Crippen LogP contribution in [0.3, 0.4) is 0 Å². The highest BCUT2D eigenvalue weighted by Gasteiger charge is 2.24. The summed E-state index contributed by atoms with van der Waals surface area (Å²) in [6.07, 6.45) is 4.74. The third-order valence-corrected chi connectivity index (χ3v) is 4.45. The molecule has 24 heavy (non-hydrogen) atoms. The number of carbonyl (C=O) groups is 1. The molecule has 1 aromatic heterocycles. The summed E-state index contributed by atoms with van der Waals surface area (Å²) >= 11 is 0. The number of aliphatic hydroxyl groups excluding tert-OH is 1. The van der Waals surface area contributed by atoms with Crippen molar-refractivity contribution in [2.45, 2.75) is 26.0 Å². The van der Waals surface area contributed by atoms with Crippen molar-refractivity contribution < 1.29 is 9.90 Å². The molecule has 2 aromatic rings. The molecular weight excluding hydrogens is 302 g/mol. The quantitative estimate of drug-likeness (QED) is 0.856. The third-order valence-electron chi connectivity index (χ3n) is 4.45. The Labute approximate surface area is 142 Å². The number of carbonyl (C=O) groups excluding carboxylic acids is 1. The number of likely N-dealkylation sites (tertiary alicyclic amines) is 1. The second-order valence-corrected chi connectivity index (χ2v) is 6.32. The molecule has 0 saturated carbocycles. The van der Waals surface area contributed by atoms with E-state index >= 15 is 0 Å². The van der Waals surface area contributed by atoms with Crippen molar-refractivity contribution in [3.05, 3.63) is 59.9 Å². The molecule has 1 unspecified atom stereocenters. The number of anilines is 1. The Morgan fingerprint density at radius 2 is 2.12 bits per heavy atom. The van der Waals surface area contributed by atoms with Gasteiger partial charge in [-0.05, 0) is 30.5 Å². The number of aliphatic hydroxyl groups is 1. The fourth-order valence-corrected chi connectivity index (χ4v) is 3.20. The van der Waals surface area contributed by atoms with Crippen LogP contribution in [-0.2, 0) is 17.9 Å². The van der Waals surface area contributed by atoms with Gasteiger partial charge in [0.15, 0.2) is 0 Å². The molecule has 5 nitrogen and oxygen atoms in total. The van der Waals surface area contributed by atoms with Crippen LogP contribution in [0, 0.1) is 5.92 Å². The van der Waals surface area contributed by atoms with Crippen LogP contribution >= 0.6 is 0 Å². The first-order chi connectivity index (χ1) is 11.7. The molecule has 0 aliphatic carbocycles. The molecule has 0 spiro atoms. The molecule has 1 aliphatic rings. The largest absolute Gasteiger partial charge is 0.392 e. The fraction of sp³-hybridized carbons (Fsp3) is 0.368. The van der Waals surface area contributed by atoms with Crippen LogP contribution in [0.4, 0.5) is 5.69 Å². The minimum Gasteiger partial charge on any atom is -0.392 e. The maximum atomic E-state index is 12.3. The van der Waals surface area contributed by atoms with Gasteiger partial charge in [0.05, 0.1) is 18.5 Å². The van der Waals surface area contributed by atoms with Gasteiger partial charge in [0.25, 0.3) is 0 Å². The van der Waals surface area contributed by atoms with Crippen molar-refractivity contribution in [2.24, 2.45) is 5.92 Å². The summed E-state index contributed by atoms with van der Waals surface area (Å²) in [6.45, 7) is 2.81. The van der Waals surface area contributed by atoms with E-state index in [0.29, 0.717) is 23.6 Å². The summed E-state index contributed by atoms with van der Waals surface area (Å²) in [4.78, 5) is 18.7. The van der Waals surface area contributed by atoms with E-state index in [1.54, 1.807) is 18.5 Å². The first-order valence-corrected chi connectivity index (χ1v) is 8.34. The van der Waals surface area contributed by atoms with Crippen LogP contribution in [0.2, 0.25) is 0 Å². The van der Waals surface area contributed by atoms with Crippen LogP contribution in [0.5, 0.6) is 0 Å². The Bertz CT molecular complexity index is 675. The second-order valence-electron chi connectivity index (χ2n) is 6.32. The molecule has 3 rings (SSSR count). The van der Waals surface area contributed by atoms with E-state index in [2.05, 4.69) is 39.5 Å². The first kappa shape index (κ1) is 16.6. The molecule has 5 heteroatoms.